The summed E-state index contributed by atoms with van der Waals surface area (Å²) in [4.78, 5) is 1.000. The normalized spacial score (nSPS) is 20.8. The Bertz CT molecular complexity index is 547. The lowest BCUT2D eigenvalue weighted by molar-refractivity contribution is 0.258. The number of hydrogen-bond donors (Lipinski definition) is 2. The number of nitrogens with one attached hydrogen (secondary N) is 2. The lowest BCUT2D eigenvalue weighted by atomic mass is 10.00. The van der Waals surface area contributed by atoms with Crippen LogP contribution in [0.4, 0.5) is 0 Å². The molecule has 0 saturated carbocycles. The van der Waals surface area contributed by atoms with Gasteiger partial charge in [0.25, 0.3) is 10.2 Å². The second-order valence-corrected chi connectivity index (χ2v) is 8.80. The molecule has 0 aliphatic carbocycles. The van der Waals surface area contributed by atoms with Gasteiger partial charge in [-0.15, -0.1) is 11.3 Å². The monoisotopic (exact) mass is 395 g/mol. The maximum absolute atomic E-state index is 12.4. The van der Waals surface area contributed by atoms with Gasteiger partial charge in [0, 0.05) is 29.0 Å². The Labute approximate surface area is 139 Å². The molecule has 8 heteroatoms. The van der Waals surface area contributed by atoms with Crippen LogP contribution in [0.5, 0.6) is 0 Å². The van der Waals surface area contributed by atoms with Crippen LogP contribution in [0.3, 0.4) is 0 Å². The van der Waals surface area contributed by atoms with E-state index in [1.807, 2.05) is 11.4 Å². The van der Waals surface area contributed by atoms with Crippen molar-refractivity contribution in [2.24, 2.45) is 5.92 Å². The topological polar surface area (TPSA) is 61.4 Å². The Hall–Kier alpha value is 0.01000. The molecule has 2 N–H and O–H groups in total. The van der Waals surface area contributed by atoms with Crippen molar-refractivity contribution in [2.45, 2.75) is 26.3 Å². The fourth-order valence-corrected chi connectivity index (χ4v) is 5.27. The van der Waals surface area contributed by atoms with Gasteiger partial charge in [-0.3, -0.25) is 0 Å². The van der Waals surface area contributed by atoms with E-state index in [2.05, 4.69) is 32.9 Å². The predicted octanol–water partition coefficient (Wildman–Crippen LogP) is 2.17. The Morgan fingerprint density at radius 3 is 3.00 bits per heavy atom. The zero-order valence-electron chi connectivity index (χ0n) is 12.1. The molecular formula is C13H22BrN3O2S2. The molecule has 0 radical (unpaired) electrons. The molecule has 1 aliphatic heterocycles. The highest BCUT2D eigenvalue weighted by Gasteiger charge is 2.28. The fraction of sp³-hybridized carbons (Fsp3) is 0.692. The summed E-state index contributed by atoms with van der Waals surface area (Å²) >= 11 is 4.97. The van der Waals surface area contributed by atoms with Crippen molar-refractivity contribution in [3.05, 3.63) is 20.8 Å². The summed E-state index contributed by atoms with van der Waals surface area (Å²) in [7, 11) is -3.39. The Balaban J connectivity index is 1.90. The van der Waals surface area contributed by atoms with Crippen LogP contribution in [-0.4, -0.2) is 38.9 Å². The zero-order valence-corrected chi connectivity index (χ0v) is 15.4. The van der Waals surface area contributed by atoms with Crippen LogP contribution in [0.2, 0.25) is 0 Å². The predicted molar refractivity (Wildman–Crippen MR) is 90.6 cm³/mol. The smallest absolute Gasteiger partial charge is 0.279 e. The minimum Gasteiger partial charge on any atom is -0.317 e. The summed E-state index contributed by atoms with van der Waals surface area (Å²) < 4.78 is 30.0. The Morgan fingerprint density at radius 1 is 1.52 bits per heavy atom. The van der Waals surface area contributed by atoms with Crippen molar-refractivity contribution in [1.29, 1.82) is 0 Å². The molecule has 5 nitrogen and oxygen atoms in total. The first kappa shape index (κ1) is 17.4. The van der Waals surface area contributed by atoms with Gasteiger partial charge in [-0.05, 0) is 59.2 Å². The van der Waals surface area contributed by atoms with Crippen molar-refractivity contribution >= 4 is 37.5 Å². The highest BCUT2D eigenvalue weighted by molar-refractivity contribution is 9.10. The van der Waals surface area contributed by atoms with Crippen LogP contribution >= 0.6 is 27.3 Å². The van der Waals surface area contributed by atoms with Crippen molar-refractivity contribution in [3.8, 4) is 0 Å². The number of thiophene rings is 1. The molecule has 0 amide bonds. The van der Waals surface area contributed by atoms with Gasteiger partial charge >= 0.3 is 0 Å². The second kappa shape index (κ2) is 8.03. The molecule has 1 saturated heterocycles. The quantitative estimate of drug-likeness (QED) is 0.743. The van der Waals surface area contributed by atoms with E-state index < -0.39 is 10.2 Å². The minimum atomic E-state index is -3.39. The highest BCUT2D eigenvalue weighted by Crippen LogP contribution is 2.23. The van der Waals surface area contributed by atoms with Crippen LogP contribution in [0.25, 0.3) is 0 Å². The summed E-state index contributed by atoms with van der Waals surface area (Å²) in [6.07, 6.45) is 2.02. The third-order valence-corrected chi connectivity index (χ3v) is 7.06. The van der Waals surface area contributed by atoms with E-state index in [9.17, 15) is 8.42 Å². The maximum Gasteiger partial charge on any atom is 0.279 e. The van der Waals surface area contributed by atoms with Gasteiger partial charge in [0.15, 0.2) is 0 Å². The number of hydrogen-bond acceptors (Lipinski definition) is 4. The van der Waals surface area contributed by atoms with Gasteiger partial charge in [0.1, 0.15) is 0 Å². The summed E-state index contributed by atoms with van der Waals surface area (Å²) in [6.45, 7) is 5.44. The zero-order chi connectivity index (χ0) is 15.3. The van der Waals surface area contributed by atoms with E-state index in [0.29, 0.717) is 25.6 Å². The van der Waals surface area contributed by atoms with Gasteiger partial charge < -0.3 is 5.32 Å². The number of halogens is 1. The Morgan fingerprint density at radius 2 is 2.33 bits per heavy atom. The number of nitrogens with zero attached hydrogens (tertiary/aromatic N) is 1. The van der Waals surface area contributed by atoms with Gasteiger partial charge in [0.2, 0.25) is 0 Å². The first-order chi connectivity index (χ1) is 10.0. The summed E-state index contributed by atoms with van der Waals surface area (Å²) in [5.41, 5.74) is 0. The van der Waals surface area contributed by atoms with Gasteiger partial charge in [-0.2, -0.15) is 17.4 Å². The first-order valence-electron chi connectivity index (χ1n) is 7.20. The van der Waals surface area contributed by atoms with E-state index in [1.54, 1.807) is 15.6 Å². The van der Waals surface area contributed by atoms with Crippen LogP contribution in [0, 0.1) is 5.92 Å². The molecule has 0 aromatic carbocycles. The lowest BCUT2D eigenvalue weighted by Crippen LogP contribution is -2.47. The van der Waals surface area contributed by atoms with E-state index >= 15 is 0 Å². The van der Waals surface area contributed by atoms with Crippen molar-refractivity contribution in [2.75, 3.05) is 26.2 Å². The van der Waals surface area contributed by atoms with Gasteiger partial charge in [-0.25, -0.2) is 0 Å². The van der Waals surface area contributed by atoms with E-state index in [1.165, 1.54) is 0 Å². The number of piperidine rings is 1. The largest absolute Gasteiger partial charge is 0.317 e. The van der Waals surface area contributed by atoms with Gasteiger partial charge in [-0.1, -0.05) is 6.92 Å². The average Bonchev–Trinajstić information content (AvgIpc) is 2.89. The lowest BCUT2D eigenvalue weighted by Gasteiger charge is -2.32. The molecule has 0 bridgehead atoms. The fourth-order valence-electron chi connectivity index (χ4n) is 2.46. The summed E-state index contributed by atoms with van der Waals surface area (Å²) in [5, 5.41) is 5.25. The highest BCUT2D eigenvalue weighted by atomic mass is 79.9. The molecule has 120 valence electrons. The third-order valence-electron chi connectivity index (χ3n) is 3.61. The van der Waals surface area contributed by atoms with E-state index in [4.69, 9.17) is 0 Å². The maximum atomic E-state index is 12.4. The standard InChI is InChI=1S/C13H22BrN3O2S2/c1-2-15-8-11-4-3-6-17(10-11)21(18,19)16-9-13-12(14)5-7-20-13/h5,7,11,15-16H,2-4,6,8-10H2,1H3. The Kier molecular flexibility index (Phi) is 6.64. The molecule has 2 rings (SSSR count). The molecule has 2 heterocycles. The molecule has 1 unspecified atom stereocenters. The molecule has 1 aromatic rings. The molecule has 1 aliphatic rings. The first-order valence-corrected chi connectivity index (χ1v) is 10.3. The number of rotatable bonds is 7. The SMILES string of the molecule is CCNCC1CCCN(S(=O)(=O)NCc2sccc2Br)C1. The molecule has 21 heavy (non-hydrogen) atoms. The van der Waals surface area contributed by atoms with Crippen molar-refractivity contribution in [1.82, 2.24) is 14.3 Å². The average molecular weight is 396 g/mol. The molecular weight excluding hydrogens is 374 g/mol. The van der Waals surface area contributed by atoms with Crippen LogP contribution in [0.15, 0.2) is 15.9 Å². The van der Waals surface area contributed by atoms with Crippen LogP contribution in [-0.2, 0) is 16.8 Å². The molecule has 1 fully saturated rings. The van der Waals surface area contributed by atoms with Gasteiger partial charge in [0.05, 0.1) is 0 Å². The minimum absolute atomic E-state index is 0.342. The van der Waals surface area contributed by atoms with Crippen molar-refractivity contribution < 1.29 is 8.42 Å². The van der Waals surface area contributed by atoms with Crippen LogP contribution in [0.1, 0.15) is 24.6 Å². The molecule has 1 atom stereocenters. The molecule has 1 aromatic heterocycles. The van der Waals surface area contributed by atoms with Crippen LogP contribution < -0.4 is 10.0 Å². The summed E-state index contributed by atoms with van der Waals surface area (Å²) in [6, 6.07) is 1.93. The van der Waals surface area contributed by atoms with E-state index in [0.717, 1.165) is 35.3 Å². The second-order valence-electron chi connectivity index (χ2n) is 5.19. The third kappa shape index (κ3) is 5.01. The molecule has 0 spiro atoms. The van der Waals surface area contributed by atoms with E-state index in [-0.39, 0.29) is 0 Å². The summed E-state index contributed by atoms with van der Waals surface area (Å²) in [5.74, 6) is 0.406. The van der Waals surface area contributed by atoms with Crippen molar-refractivity contribution in [3.63, 3.8) is 0 Å².